The predicted octanol–water partition coefficient (Wildman–Crippen LogP) is 3.06. The minimum atomic E-state index is -0.669. The molecule has 0 aliphatic rings. The summed E-state index contributed by atoms with van der Waals surface area (Å²) in [5.41, 5.74) is 2.71. The van der Waals surface area contributed by atoms with Crippen molar-refractivity contribution in [2.45, 2.75) is 39.7 Å². The van der Waals surface area contributed by atoms with Crippen molar-refractivity contribution in [1.82, 2.24) is 5.32 Å². The molecule has 0 saturated carbocycles. The van der Waals surface area contributed by atoms with Crippen LogP contribution in [-0.4, -0.2) is 22.3 Å². The molecule has 0 fully saturated rings. The van der Waals surface area contributed by atoms with Gasteiger partial charge in [-0.3, -0.25) is 4.21 Å². The van der Waals surface area contributed by atoms with Crippen LogP contribution in [0.15, 0.2) is 24.3 Å². The van der Waals surface area contributed by atoms with Crippen molar-refractivity contribution in [2.75, 3.05) is 18.1 Å². The highest BCUT2D eigenvalue weighted by Crippen LogP contribution is 2.17. The lowest BCUT2D eigenvalue weighted by molar-refractivity contribution is 0.537. The standard InChI is InChI=1S/C15H25NOS/c1-4-13-7-9-14(10-8-13)15(5-2)16-11-12-18(17)6-3/h7-10,15-16H,4-6,11-12H2,1-3H3. The fourth-order valence-corrected chi connectivity index (χ4v) is 2.61. The van der Waals surface area contributed by atoms with Gasteiger partial charge in [-0.2, -0.15) is 0 Å². The van der Waals surface area contributed by atoms with Crippen molar-refractivity contribution in [2.24, 2.45) is 0 Å². The second-order valence-electron chi connectivity index (χ2n) is 4.44. The second kappa shape index (κ2) is 8.44. The van der Waals surface area contributed by atoms with Crippen molar-refractivity contribution in [1.29, 1.82) is 0 Å². The van der Waals surface area contributed by atoms with Gasteiger partial charge in [0, 0.05) is 34.9 Å². The first-order valence-electron chi connectivity index (χ1n) is 6.88. The average molecular weight is 267 g/mol. The second-order valence-corrected chi connectivity index (χ2v) is 6.31. The minimum absolute atomic E-state index is 0.379. The largest absolute Gasteiger partial charge is 0.309 e. The molecule has 0 bridgehead atoms. The molecule has 2 atom stereocenters. The zero-order chi connectivity index (χ0) is 13.4. The molecule has 2 unspecified atom stereocenters. The Balaban J connectivity index is 2.51. The highest BCUT2D eigenvalue weighted by molar-refractivity contribution is 7.84. The Bertz CT molecular complexity index is 361. The Kier molecular flexibility index (Phi) is 7.21. The summed E-state index contributed by atoms with van der Waals surface area (Å²) in [5.74, 6) is 1.50. The Morgan fingerprint density at radius 2 is 1.83 bits per heavy atom. The van der Waals surface area contributed by atoms with Gasteiger partial charge >= 0.3 is 0 Å². The van der Waals surface area contributed by atoms with E-state index in [1.165, 1.54) is 11.1 Å². The summed E-state index contributed by atoms with van der Waals surface area (Å²) in [7, 11) is -0.669. The summed E-state index contributed by atoms with van der Waals surface area (Å²) in [4.78, 5) is 0. The van der Waals surface area contributed by atoms with Crippen molar-refractivity contribution in [3.05, 3.63) is 35.4 Å². The van der Waals surface area contributed by atoms with E-state index >= 15 is 0 Å². The van der Waals surface area contributed by atoms with Gasteiger partial charge in [0.15, 0.2) is 0 Å². The molecule has 0 saturated heterocycles. The van der Waals surface area contributed by atoms with E-state index in [4.69, 9.17) is 0 Å². The molecule has 102 valence electrons. The Morgan fingerprint density at radius 3 is 2.33 bits per heavy atom. The molecule has 18 heavy (non-hydrogen) atoms. The van der Waals surface area contributed by atoms with Gasteiger partial charge in [0.05, 0.1) is 0 Å². The maximum absolute atomic E-state index is 11.4. The Morgan fingerprint density at radius 1 is 1.17 bits per heavy atom. The van der Waals surface area contributed by atoms with E-state index in [9.17, 15) is 4.21 Å². The highest BCUT2D eigenvalue weighted by atomic mass is 32.2. The molecule has 0 heterocycles. The van der Waals surface area contributed by atoms with Crippen molar-refractivity contribution in [3.63, 3.8) is 0 Å². The number of nitrogens with one attached hydrogen (secondary N) is 1. The van der Waals surface area contributed by atoms with Crippen LogP contribution in [0.3, 0.4) is 0 Å². The molecule has 0 spiro atoms. The third kappa shape index (κ3) is 4.91. The molecule has 0 aliphatic heterocycles. The Hall–Kier alpha value is -0.670. The predicted molar refractivity (Wildman–Crippen MR) is 80.4 cm³/mol. The zero-order valence-electron chi connectivity index (χ0n) is 11.7. The summed E-state index contributed by atoms with van der Waals surface area (Å²) in [6.07, 6.45) is 2.14. The highest BCUT2D eigenvalue weighted by Gasteiger charge is 2.08. The van der Waals surface area contributed by atoms with Gasteiger partial charge in [-0.15, -0.1) is 0 Å². The third-order valence-corrected chi connectivity index (χ3v) is 4.54. The molecule has 0 radical (unpaired) electrons. The molecular formula is C15H25NOS. The van der Waals surface area contributed by atoms with Crippen LogP contribution in [0.5, 0.6) is 0 Å². The van der Waals surface area contributed by atoms with E-state index in [1.807, 2.05) is 6.92 Å². The maximum Gasteiger partial charge on any atom is 0.0360 e. The van der Waals surface area contributed by atoms with E-state index in [0.717, 1.165) is 30.9 Å². The minimum Gasteiger partial charge on any atom is -0.309 e. The van der Waals surface area contributed by atoms with E-state index in [0.29, 0.717) is 6.04 Å². The molecule has 1 N–H and O–H groups in total. The average Bonchev–Trinajstić information content (AvgIpc) is 2.43. The van der Waals surface area contributed by atoms with Crippen LogP contribution < -0.4 is 5.32 Å². The number of hydrogen-bond acceptors (Lipinski definition) is 2. The third-order valence-electron chi connectivity index (χ3n) is 3.24. The van der Waals surface area contributed by atoms with Gasteiger partial charge in [0.1, 0.15) is 0 Å². The molecule has 0 amide bonds. The van der Waals surface area contributed by atoms with Gasteiger partial charge in [0.2, 0.25) is 0 Å². The monoisotopic (exact) mass is 267 g/mol. The molecule has 1 rings (SSSR count). The van der Waals surface area contributed by atoms with Gasteiger partial charge in [0.25, 0.3) is 0 Å². The summed E-state index contributed by atoms with van der Waals surface area (Å²) < 4.78 is 11.4. The van der Waals surface area contributed by atoms with Crippen LogP contribution in [-0.2, 0) is 17.2 Å². The Labute approximate surface area is 114 Å². The van der Waals surface area contributed by atoms with Crippen molar-refractivity contribution >= 4 is 10.8 Å². The quantitative estimate of drug-likeness (QED) is 0.784. The van der Waals surface area contributed by atoms with Gasteiger partial charge < -0.3 is 5.32 Å². The topological polar surface area (TPSA) is 29.1 Å². The normalized spacial score (nSPS) is 14.4. The van der Waals surface area contributed by atoms with E-state index in [1.54, 1.807) is 0 Å². The summed E-state index contributed by atoms with van der Waals surface area (Å²) in [6, 6.07) is 9.19. The number of benzene rings is 1. The van der Waals surface area contributed by atoms with Crippen LogP contribution in [0.4, 0.5) is 0 Å². The van der Waals surface area contributed by atoms with Crippen LogP contribution in [0.1, 0.15) is 44.4 Å². The lowest BCUT2D eigenvalue weighted by Crippen LogP contribution is -2.25. The van der Waals surface area contributed by atoms with Crippen molar-refractivity contribution < 1.29 is 4.21 Å². The van der Waals surface area contributed by atoms with Gasteiger partial charge in [-0.1, -0.05) is 45.0 Å². The number of hydrogen-bond donors (Lipinski definition) is 1. The molecular weight excluding hydrogens is 242 g/mol. The SMILES string of the molecule is CCc1ccc(C(CC)NCCS(=O)CC)cc1. The fraction of sp³-hybridized carbons (Fsp3) is 0.600. The van der Waals surface area contributed by atoms with Gasteiger partial charge in [-0.05, 0) is 24.0 Å². The summed E-state index contributed by atoms with van der Waals surface area (Å²) in [6.45, 7) is 7.15. The molecule has 1 aromatic carbocycles. The maximum atomic E-state index is 11.4. The van der Waals surface area contributed by atoms with E-state index in [2.05, 4.69) is 43.4 Å². The number of aryl methyl sites for hydroxylation is 1. The van der Waals surface area contributed by atoms with Crippen LogP contribution in [0.2, 0.25) is 0 Å². The zero-order valence-corrected chi connectivity index (χ0v) is 12.6. The molecule has 0 aromatic heterocycles. The van der Waals surface area contributed by atoms with Gasteiger partial charge in [-0.25, -0.2) is 0 Å². The summed E-state index contributed by atoms with van der Waals surface area (Å²) in [5, 5.41) is 3.50. The first-order valence-corrected chi connectivity index (χ1v) is 8.37. The lowest BCUT2D eigenvalue weighted by Gasteiger charge is -2.17. The first kappa shape index (κ1) is 15.4. The smallest absolute Gasteiger partial charge is 0.0360 e. The summed E-state index contributed by atoms with van der Waals surface area (Å²) >= 11 is 0. The molecule has 1 aromatic rings. The van der Waals surface area contributed by atoms with Crippen LogP contribution in [0, 0.1) is 0 Å². The molecule has 3 heteroatoms. The van der Waals surface area contributed by atoms with E-state index in [-0.39, 0.29) is 0 Å². The van der Waals surface area contributed by atoms with Crippen molar-refractivity contribution in [3.8, 4) is 0 Å². The molecule has 0 aliphatic carbocycles. The molecule has 2 nitrogen and oxygen atoms in total. The lowest BCUT2D eigenvalue weighted by atomic mass is 10.0. The van der Waals surface area contributed by atoms with Crippen LogP contribution in [0.25, 0.3) is 0 Å². The van der Waals surface area contributed by atoms with Crippen LogP contribution >= 0.6 is 0 Å². The number of rotatable bonds is 8. The fourth-order valence-electron chi connectivity index (χ4n) is 1.97. The first-order chi connectivity index (χ1) is 8.71. The van der Waals surface area contributed by atoms with E-state index < -0.39 is 10.8 Å².